The highest BCUT2D eigenvalue weighted by molar-refractivity contribution is 14.0. The molecule has 0 spiro atoms. The average molecular weight is 519 g/mol. The van der Waals surface area contributed by atoms with Gasteiger partial charge in [0.15, 0.2) is 5.96 Å². The van der Waals surface area contributed by atoms with Crippen LogP contribution in [0.3, 0.4) is 0 Å². The molecule has 1 heterocycles. The lowest BCUT2D eigenvalue weighted by Gasteiger charge is -2.39. The Kier molecular flexibility index (Phi) is 10.9. The molecule has 0 aromatic rings. The molecule has 0 bridgehead atoms. The number of piperazine rings is 1. The Morgan fingerprint density at radius 3 is 2.21 bits per heavy atom. The smallest absolute Gasteiger partial charge is 0.354 e. The van der Waals surface area contributed by atoms with Crippen LogP contribution in [0, 0.1) is 5.92 Å². The zero-order chi connectivity index (χ0) is 19.9. The minimum atomic E-state index is -4.20. The van der Waals surface area contributed by atoms with Crippen molar-refractivity contribution in [1.29, 1.82) is 0 Å². The fourth-order valence-corrected chi connectivity index (χ4v) is 3.79. The second-order valence-corrected chi connectivity index (χ2v) is 7.42. The van der Waals surface area contributed by atoms with Crippen LogP contribution >= 0.6 is 24.0 Å². The molecule has 1 aliphatic carbocycles. The van der Waals surface area contributed by atoms with E-state index in [-0.39, 0.29) is 29.9 Å². The molecular formula is C18H33F3IN5O. The van der Waals surface area contributed by atoms with Crippen molar-refractivity contribution in [1.82, 2.24) is 20.4 Å². The van der Waals surface area contributed by atoms with Gasteiger partial charge in [0.1, 0.15) is 6.04 Å². The van der Waals surface area contributed by atoms with Crippen LogP contribution in [0.2, 0.25) is 0 Å². The van der Waals surface area contributed by atoms with Gasteiger partial charge in [-0.25, -0.2) is 0 Å². The lowest BCUT2D eigenvalue weighted by atomic mass is 10.0. The summed E-state index contributed by atoms with van der Waals surface area (Å²) in [6.07, 6.45) is 1.16. The number of carbonyl (C=O) groups is 1. The first-order valence-electron chi connectivity index (χ1n) is 9.84. The molecule has 1 aliphatic heterocycles. The number of amides is 1. The lowest BCUT2D eigenvalue weighted by molar-refractivity contribution is -0.181. The van der Waals surface area contributed by atoms with E-state index >= 15 is 0 Å². The lowest BCUT2D eigenvalue weighted by Crippen LogP contribution is -2.57. The number of nitrogens with zero attached hydrogens (tertiary/aromatic N) is 3. The van der Waals surface area contributed by atoms with Crippen LogP contribution < -0.4 is 10.6 Å². The van der Waals surface area contributed by atoms with E-state index in [2.05, 4.69) is 15.6 Å². The maximum absolute atomic E-state index is 12.8. The fourth-order valence-electron chi connectivity index (χ4n) is 3.79. The number of hydrogen-bond acceptors (Lipinski definition) is 3. The molecule has 164 valence electrons. The van der Waals surface area contributed by atoms with Gasteiger partial charge in [-0.15, -0.1) is 24.0 Å². The molecule has 1 saturated heterocycles. The van der Waals surface area contributed by atoms with E-state index in [0.717, 1.165) is 12.8 Å². The average Bonchev–Trinajstić information content (AvgIpc) is 3.13. The van der Waals surface area contributed by atoms with Crippen LogP contribution in [-0.2, 0) is 4.79 Å². The third kappa shape index (κ3) is 7.92. The predicted molar refractivity (Wildman–Crippen MR) is 115 cm³/mol. The van der Waals surface area contributed by atoms with E-state index in [1.165, 1.54) is 24.7 Å². The Morgan fingerprint density at radius 2 is 1.68 bits per heavy atom. The fraction of sp³-hybridized carbons (Fsp3) is 0.889. The Morgan fingerprint density at radius 1 is 1.11 bits per heavy atom. The highest BCUT2D eigenvalue weighted by Crippen LogP contribution is 2.27. The molecule has 1 atom stereocenters. The molecular weight excluding hydrogens is 486 g/mol. The van der Waals surface area contributed by atoms with Crippen molar-refractivity contribution < 1.29 is 18.0 Å². The van der Waals surface area contributed by atoms with Crippen LogP contribution in [0.25, 0.3) is 0 Å². The summed E-state index contributed by atoms with van der Waals surface area (Å²) in [5.74, 6) is 1.29. The van der Waals surface area contributed by atoms with Gasteiger partial charge < -0.3 is 15.5 Å². The minimum Gasteiger partial charge on any atom is -0.354 e. The van der Waals surface area contributed by atoms with Gasteiger partial charge in [0, 0.05) is 52.7 Å². The monoisotopic (exact) mass is 519 g/mol. The van der Waals surface area contributed by atoms with Crippen molar-refractivity contribution in [2.45, 2.75) is 51.2 Å². The number of carbonyl (C=O) groups excluding carboxylic acids is 1. The number of aliphatic imine (C=N–C) groups is 1. The van der Waals surface area contributed by atoms with Crippen molar-refractivity contribution in [2.75, 3.05) is 46.3 Å². The molecule has 2 aliphatic rings. The Labute approximate surface area is 182 Å². The SMILES string of the molecule is CN=C(NCCNC(=O)CC1CCCC1)N1CCN(C(C)C(F)(F)F)CC1.I. The maximum atomic E-state index is 12.8. The van der Waals surface area contributed by atoms with Crippen LogP contribution in [0.4, 0.5) is 13.2 Å². The third-order valence-electron chi connectivity index (χ3n) is 5.53. The first-order valence-corrected chi connectivity index (χ1v) is 9.84. The molecule has 1 unspecified atom stereocenters. The van der Waals surface area contributed by atoms with Gasteiger partial charge in [-0.05, 0) is 25.7 Å². The molecule has 1 saturated carbocycles. The van der Waals surface area contributed by atoms with Gasteiger partial charge in [0.05, 0.1) is 0 Å². The third-order valence-corrected chi connectivity index (χ3v) is 5.53. The van der Waals surface area contributed by atoms with Crippen LogP contribution in [0.5, 0.6) is 0 Å². The Bertz CT molecular complexity index is 504. The number of hydrogen-bond donors (Lipinski definition) is 2. The minimum absolute atomic E-state index is 0. The number of nitrogens with one attached hydrogen (secondary N) is 2. The first kappa shape index (κ1) is 25.3. The molecule has 0 aromatic heterocycles. The highest BCUT2D eigenvalue weighted by Gasteiger charge is 2.41. The van der Waals surface area contributed by atoms with Crippen molar-refractivity contribution in [3.05, 3.63) is 0 Å². The van der Waals surface area contributed by atoms with Crippen molar-refractivity contribution >= 4 is 35.8 Å². The summed E-state index contributed by atoms with van der Waals surface area (Å²) in [5, 5.41) is 6.11. The predicted octanol–water partition coefficient (Wildman–Crippen LogP) is 2.44. The standard InChI is InChI=1S/C18H32F3N5O.HI/c1-14(18(19,20)21)25-9-11-26(12-10-25)17(22-2)24-8-7-23-16(27)13-15-5-3-4-6-15;/h14-15H,3-13H2,1-2H3,(H,22,24)(H,23,27);1H. The number of alkyl halides is 3. The zero-order valence-electron chi connectivity index (χ0n) is 16.7. The summed E-state index contributed by atoms with van der Waals surface area (Å²) in [7, 11) is 1.66. The molecule has 0 aromatic carbocycles. The molecule has 2 rings (SSSR count). The highest BCUT2D eigenvalue weighted by atomic mass is 127. The van der Waals surface area contributed by atoms with E-state index in [1.807, 2.05) is 4.90 Å². The van der Waals surface area contributed by atoms with Gasteiger partial charge in [-0.3, -0.25) is 14.7 Å². The quantitative estimate of drug-likeness (QED) is 0.245. The summed E-state index contributed by atoms with van der Waals surface area (Å²) in [6, 6.07) is -1.43. The maximum Gasteiger partial charge on any atom is 0.403 e. The van der Waals surface area contributed by atoms with Crippen molar-refractivity contribution in [2.24, 2.45) is 10.9 Å². The van der Waals surface area contributed by atoms with Crippen molar-refractivity contribution in [3.63, 3.8) is 0 Å². The number of guanidine groups is 1. The second kappa shape index (κ2) is 12.0. The van der Waals surface area contributed by atoms with Gasteiger partial charge >= 0.3 is 6.18 Å². The molecule has 0 radical (unpaired) electrons. The second-order valence-electron chi connectivity index (χ2n) is 7.42. The van der Waals surface area contributed by atoms with Crippen LogP contribution in [-0.4, -0.2) is 80.2 Å². The topological polar surface area (TPSA) is 60.0 Å². The van der Waals surface area contributed by atoms with Crippen LogP contribution in [0.15, 0.2) is 4.99 Å². The van der Waals surface area contributed by atoms with Gasteiger partial charge in [0.2, 0.25) is 5.91 Å². The molecule has 6 nitrogen and oxygen atoms in total. The van der Waals surface area contributed by atoms with E-state index in [9.17, 15) is 18.0 Å². The van der Waals surface area contributed by atoms with E-state index in [1.54, 1.807) is 7.05 Å². The Balaban J connectivity index is 0.00000392. The van der Waals surface area contributed by atoms with Gasteiger partial charge in [-0.1, -0.05) is 12.8 Å². The summed E-state index contributed by atoms with van der Waals surface area (Å²) >= 11 is 0. The molecule has 10 heteroatoms. The summed E-state index contributed by atoms with van der Waals surface area (Å²) in [6.45, 7) is 3.94. The summed E-state index contributed by atoms with van der Waals surface area (Å²) < 4.78 is 38.5. The number of halogens is 4. The summed E-state index contributed by atoms with van der Waals surface area (Å²) in [4.78, 5) is 19.5. The van der Waals surface area contributed by atoms with E-state index in [0.29, 0.717) is 57.6 Å². The zero-order valence-corrected chi connectivity index (χ0v) is 19.1. The van der Waals surface area contributed by atoms with Gasteiger partial charge in [-0.2, -0.15) is 13.2 Å². The molecule has 28 heavy (non-hydrogen) atoms. The largest absolute Gasteiger partial charge is 0.403 e. The van der Waals surface area contributed by atoms with Gasteiger partial charge in [0.25, 0.3) is 0 Å². The molecule has 2 fully saturated rings. The van der Waals surface area contributed by atoms with E-state index in [4.69, 9.17) is 0 Å². The van der Waals surface area contributed by atoms with E-state index < -0.39 is 12.2 Å². The van der Waals surface area contributed by atoms with Crippen molar-refractivity contribution in [3.8, 4) is 0 Å². The first-order chi connectivity index (χ1) is 12.8. The molecule has 1 amide bonds. The molecule has 2 N–H and O–H groups in total. The summed E-state index contributed by atoms with van der Waals surface area (Å²) in [5.41, 5.74) is 0. The number of rotatable bonds is 6. The Hall–Kier alpha value is -0.780. The van der Waals surface area contributed by atoms with Crippen LogP contribution in [0.1, 0.15) is 39.0 Å². The normalized spacial score (nSPS) is 20.6.